The van der Waals surface area contributed by atoms with Gasteiger partial charge in [0.2, 0.25) is 0 Å². The van der Waals surface area contributed by atoms with Crippen LogP contribution in [0.5, 0.6) is 0 Å². The number of ether oxygens (including phenoxy) is 1. The van der Waals surface area contributed by atoms with E-state index in [1.807, 2.05) is 18.2 Å². The van der Waals surface area contributed by atoms with Crippen LogP contribution in [0.4, 0.5) is 0 Å². The van der Waals surface area contributed by atoms with Crippen molar-refractivity contribution in [2.45, 2.75) is 6.61 Å². The van der Waals surface area contributed by atoms with Crippen molar-refractivity contribution in [3.63, 3.8) is 0 Å². The van der Waals surface area contributed by atoms with Gasteiger partial charge in [-0.15, -0.1) is 0 Å². The molecule has 1 N–H and O–H groups in total. The Bertz CT molecular complexity index is 547. The SMILES string of the molecule is O=COCc1[nH]c2ccc(Br)cc2c1C=O. The van der Waals surface area contributed by atoms with E-state index in [0.29, 0.717) is 17.7 Å². The first kappa shape index (κ1) is 10.9. The van der Waals surface area contributed by atoms with E-state index in [2.05, 4.69) is 25.7 Å². The first-order valence-electron chi connectivity index (χ1n) is 4.57. The van der Waals surface area contributed by atoms with E-state index in [1.165, 1.54) is 0 Å². The van der Waals surface area contributed by atoms with Crippen LogP contribution >= 0.6 is 15.9 Å². The Morgan fingerprint density at radius 2 is 2.19 bits per heavy atom. The summed E-state index contributed by atoms with van der Waals surface area (Å²) in [7, 11) is 0. The molecule has 1 heterocycles. The lowest BCUT2D eigenvalue weighted by molar-refractivity contribution is -0.129. The third kappa shape index (κ3) is 1.86. The zero-order chi connectivity index (χ0) is 11.5. The van der Waals surface area contributed by atoms with E-state index in [9.17, 15) is 9.59 Å². The fraction of sp³-hybridized carbons (Fsp3) is 0.0909. The van der Waals surface area contributed by atoms with Gasteiger partial charge in [0.25, 0.3) is 6.47 Å². The minimum atomic E-state index is 0.0733. The van der Waals surface area contributed by atoms with Gasteiger partial charge >= 0.3 is 0 Å². The number of nitrogens with one attached hydrogen (secondary N) is 1. The lowest BCUT2D eigenvalue weighted by Crippen LogP contribution is -1.94. The average molecular weight is 282 g/mol. The second-order valence-corrected chi connectivity index (χ2v) is 4.15. The summed E-state index contributed by atoms with van der Waals surface area (Å²) >= 11 is 3.34. The summed E-state index contributed by atoms with van der Waals surface area (Å²) in [5, 5.41) is 0.814. The monoisotopic (exact) mass is 281 g/mol. The van der Waals surface area contributed by atoms with Crippen molar-refractivity contribution in [1.29, 1.82) is 0 Å². The number of rotatable bonds is 4. The van der Waals surface area contributed by atoms with Gasteiger partial charge in [-0.3, -0.25) is 9.59 Å². The van der Waals surface area contributed by atoms with Gasteiger partial charge in [-0.05, 0) is 18.2 Å². The van der Waals surface area contributed by atoms with Gasteiger partial charge < -0.3 is 9.72 Å². The maximum absolute atomic E-state index is 11.0. The third-order valence-corrected chi connectivity index (χ3v) is 2.79. The molecule has 0 spiro atoms. The van der Waals surface area contributed by atoms with E-state index in [4.69, 9.17) is 0 Å². The van der Waals surface area contributed by atoms with E-state index in [0.717, 1.165) is 21.7 Å². The molecule has 0 aliphatic rings. The molecule has 16 heavy (non-hydrogen) atoms. The molecule has 0 atom stereocenters. The fourth-order valence-electron chi connectivity index (χ4n) is 1.61. The summed E-state index contributed by atoms with van der Waals surface area (Å²) in [6, 6.07) is 5.58. The maximum Gasteiger partial charge on any atom is 0.293 e. The molecule has 0 amide bonds. The molecule has 0 bridgehead atoms. The smallest absolute Gasteiger partial charge is 0.293 e. The Morgan fingerprint density at radius 3 is 2.88 bits per heavy atom. The summed E-state index contributed by atoms with van der Waals surface area (Å²) in [5.41, 5.74) is 1.98. The Morgan fingerprint density at radius 1 is 1.38 bits per heavy atom. The molecular weight excluding hydrogens is 274 g/mol. The highest BCUT2D eigenvalue weighted by molar-refractivity contribution is 9.10. The van der Waals surface area contributed by atoms with Crippen LogP contribution in [0.2, 0.25) is 0 Å². The highest BCUT2D eigenvalue weighted by Gasteiger charge is 2.11. The number of hydrogen-bond donors (Lipinski definition) is 1. The van der Waals surface area contributed by atoms with Crippen LogP contribution in [0, 0.1) is 0 Å². The highest BCUT2D eigenvalue weighted by Crippen LogP contribution is 2.25. The van der Waals surface area contributed by atoms with Crippen LogP contribution in [-0.4, -0.2) is 17.7 Å². The molecule has 0 fully saturated rings. The average Bonchev–Trinajstić information content (AvgIpc) is 2.63. The summed E-state index contributed by atoms with van der Waals surface area (Å²) in [6.45, 7) is 0.430. The van der Waals surface area contributed by atoms with E-state index in [-0.39, 0.29) is 6.61 Å². The largest absolute Gasteiger partial charge is 0.461 e. The number of carbonyl (C=O) groups excluding carboxylic acids is 2. The zero-order valence-corrected chi connectivity index (χ0v) is 9.78. The standard InChI is InChI=1S/C11H8BrNO3/c12-7-1-2-10-8(3-7)9(4-14)11(13-10)5-16-6-15/h1-4,6,13H,5H2. The Hall–Kier alpha value is -1.62. The second-order valence-electron chi connectivity index (χ2n) is 3.23. The number of aldehydes is 1. The molecule has 0 radical (unpaired) electrons. The minimum Gasteiger partial charge on any atom is -0.461 e. The topological polar surface area (TPSA) is 59.2 Å². The molecule has 1 aromatic carbocycles. The van der Waals surface area contributed by atoms with Crippen LogP contribution in [0.15, 0.2) is 22.7 Å². The summed E-state index contributed by atoms with van der Waals surface area (Å²) < 4.78 is 5.53. The predicted octanol–water partition coefficient (Wildman–Crippen LogP) is 2.42. The van der Waals surface area contributed by atoms with Gasteiger partial charge in [-0.2, -0.15) is 0 Å². The Labute approximate surface area is 99.7 Å². The van der Waals surface area contributed by atoms with Crippen molar-refractivity contribution >= 4 is 39.6 Å². The lowest BCUT2D eigenvalue weighted by atomic mass is 10.1. The molecule has 0 aliphatic heterocycles. The Balaban J connectivity index is 2.57. The van der Waals surface area contributed by atoms with Crippen molar-refractivity contribution in [3.8, 4) is 0 Å². The number of hydrogen-bond acceptors (Lipinski definition) is 3. The zero-order valence-electron chi connectivity index (χ0n) is 8.20. The maximum atomic E-state index is 11.0. The van der Waals surface area contributed by atoms with E-state index in [1.54, 1.807) is 0 Å². The van der Waals surface area contributed by atoms with Crippen LogP contribution in [0.1, 0.15) is 16.1 Å². The first-order chi connectivity index (χ1) is 7.76. The number of aromatic amines is 1. The number of halogens is 1. The molecular formula is C11H8BrNO3. The molecule has 4 nitrogen and oxygen atoms in total. The van der Waals surface area contributed by atoms with Crippen molar-refractivity contribution in [2.75, 3.05) is 0 Å². The summed E-state index contributed by atoms with van der Waals surface area (Å²) in [5.74, 6) is 0. The van der Waals surface area contributed by atoms with Crippen LogP contribution in [0.3, 0.4) is 0 Å². The van der Waals surface area contributed by atoms with Gasteiger partial charge in [0.1, 0.15) is 6.61 Å². The number of fused-ring (bicyclic) bond motifs is 1. The molecule has 0 unspecified atom stereocenters. The van der Waals surface area contributed by atoms with Crippen LogP contribution in [-0.2, 0) is 16.1 Å². The van der Waals surface area contributed by atoms with Crippen LogP contribution in [0.25, 0.3) is 10.9 Å². The second kappa shape index (κ2) is 4.49. The van der Waals surface area contributed by atoms with Crippen LogP contribution < -0.4 is 0 Å². The molecule has 5 heteroatoms. The normalized spacial score (nSPS) is 10.3. The molecule has 0 aliphatic carbocycles. The van der Waals surface area contributed by atoms with Crippen molar-refractivity contribution < 1.29 is 14.3 Å². The summed E-state index contributed by atoms with van der Waals surface area (Å²) in [6.07, 6.45) is 0.759. The van der Waals surface area contributed by atoms with E-state index < -0.39 is 0 Å². The van der Waals surface area contributed by atoms with Gasteiger partial charge in [0, 0.05) is 20.9 Å². The number of H-pyrrole nitrogens is 1. The van der Waals surface area contributed by atoms with Gasteiger partial charge in [0.05, 0.1) is 5.69 Å². The molecule has 0 saturated heterocycles. The fourth-order valence-corrected chi connectivity index (χ4v) is 1.97. The third-order valence-electron chi connectivity index (χ3n) is 2.30. The number of carbonyl (C=O) groups is 2. The van der Waals surface area contributed by atoms with Crippen molar-refractivity contribution in [1.82, 2.24) is 4.98 Å². The molecule has 2 aromatic rings. The van der Waals surface area contributed by atoms with Gasteiger partial charge in [-0.25, -0.2) is 0 Å². The number of aromatic nitrogens is 1. The molecule has 1 aromatic heterocycles. The van der Waals surface area contributed by atoms with Gasteiger partial charge in [-0.1, -0.05) is 15.9 Å². The molecule has 2 rings (SSSR count). The molecule has 0 saturated carbocycles. The van der Waals surface area contributed by atoms with Crippen molar-refractivity contribution in [2.24, 2.45) is 0 Å². The summed E-state index contributed by atoms with van der Waals surface area (Å²) in [4.78, 5) is 24.2. The Kier molecular flexibility index (Phi) is 3.05. The van der Waals surface area contributed by atoms with Crippen molar-refractivity contribution in [3.05, 3.63) is 33.9 Å². The quantitative estimate of drug-likeness (QED) is 0.876. The lowest BCUT2D eigenvalue weighted by Gasteiger charge is -1.96. The number of benzene rings is 1. The minimum absolute atomic E-state index is 0.0733. The first-order valence-corrected chi connectivity index (χ1v) is 5.36. The van der Waals surface area contributed by atoms with Gasteiger partial charge in [0.15, 0.2) is 6.29 Å². The predicted molar refractivity (Wildman–Crippen MR) is 62.2 cm³/mol. The van der Waals surface area contributed by atoms with E-state index >= 15 is 0 Å². The highest BCUT2D eigenvalue weighted by atomic mass is 79.9. The molecule has 82 valence electrons.